The van der Waals surface area contributed by atoms with E-state index in [1.165, 1.54) is 6.07 Å². The van der Waals surface area contributed by atoms with Crippen LogP contribution in [0.1, 0.15) is 42.1 Å². The number of aliphatic hydroxyl groups is 1. The number of likely N-dealkylation sites (tertiary alicyclic amines) is 1. The maximum Gasteiger partial charge on any atom is 0.224 e. The summed E-state index contributed by atoms with van der Waals surface area (Å²) in [5.41, 5.74) is 3.20. The predicted octanol–water partition coefficient (Wildman–Crippen LogP) is 3.27. The van der Waals surface area contributed by atoms with Crippen molar-refractivity contribution in [3.8, 4) is 0 Å². The number of ketones is 1. The number of amides is 1. The fourth-order valence-electron chi connectivity index (χ4n) is 4.37. The third kappa shape index (κ3) is 4.77. The van der Waals surface area contributed by atoms with E-state index in [0.29, 0.717) is 24.9 Å². The first-order valence-corrected chi connectivity index (χ1v) is 10.6. The molecule has 5 nitrogen and oxygen atoms in total. The molecule has 2 aliphatic rings. The molecule has 2 heterocycles. The summed E-state index contributed by atoms with van der Waals surface area (Å²) in [6.07, 6.45) is 2.16. The Labute approximate surface area is 175 Å². The van der Waals surface area contributed by atoms with Crippen LogP contribution < -0.4 is 5.32 Å². The summed E-state index contributed by atoms with van der Waals surface area (Å²) in [5.74, 6) is -0.248. The van der Waals surface area contributed by atoms with Gasteiger partial charge in [-0.15, -0.1) is 0 Å². The standard InChI is InChI=1S/C24H27FN2O3/c25-20-4-2-1-3-17(20)14-22(28)16-9-11-27(12-10-16)15-23(29)19-5-7-21-18(13-19)6-8-24(30)26-21/h1-5,7,13,16,23,29H,6,8-12,14-15H2,(H,26,30). The Morgan fingerprint density at radius 2 is 1.93 bits per heavy atom. The Hall–Kier alpha value is -2.57. The minimum Gasteiger partial charge on any atom is -0.387 e. The molecule has 2 aliphatic heterocycles. The number of Topliss-reactive ketones (excluding diaryl/α,β-unsaturated/α-hetero) is 1. The van der Waals surface area contributed by atoms with Gasteiger partial charge in [0.25, 0.3) is 0 Å². The van der Waals surface area contributed by atoms with E-state index in [4.69, 9.17) is 0 Å². The van der Waals surface area contributed by atoms with Crippen LogP contribution in [0.3, 0.4) is 0 Å². The van der Waals surface area contributed by atoms with Gasteiger partial charge in [0.05, 0.1) is 6.10 Å². The molecule has 4 rings (SSSR count). The molecule has 30 heavy (non-hydrogen) atoms. The summed E-state index contributed by atoms with van der Waals surface area (Å²) in [6, 6.07) is 12.1. The molecule has 1 amide bonds. The van der Waals surface area contributed by atoms with Crippen molar-refractivity contribution in [2.45, 2.75) is 38.2 Å². The summed E-state index contributed by atoms with van der Waals surface area (Å²) in [5, 5.41) is 13.5. The third-order valence-corrected chi connectivity index (χ3v) is 6.21. The number of aryl methyl sites for hydroxylation is 1. The highest BCUT2D eigenvalue weighted by Crippen LogP contribution is 2.28. The summed E-state index contributed by atoms with van der Waals surface area (Å²) >= 11 is 0. The quantitative estimate of drug-likeness (QED) is 0.767. The van der Waals surface area contributed by atoms with Gasteiger partial charge in [-0.3, -0.25) is 9.59 Å². The first-order chi connectivity index (χ1) is 14.5. The van der Waals surface area contributed by atoms with Crippen molar-refractivity contribution in [1.82, 2.24) is 4.90 Å². The number of aliphatic hydroxyl groups excluding tert-OH is 1. The van der Waals surface area contributed by atoms with E-state index in [-0.39, 0.29) is 29.8 Å². The number of fused-ring (bicyclic) bond motifs is 1. The molecule has 1 atom stereocenters. The van der Waals surface area contributed by atoms with Crippen LogP contribution in [0.5, 0.6) is 0 Å². The van der Waals surface area contributed by atoms with Crippen LogP contribution in [-0.2, 0) is 22.4 Å². The molecule has 0 saturated carbocycles. The number of carbonyl (C=O) groups excluding carboxylic acids is 2. The largest absolute Gasteiger partial charge is 0.387 e. The Kier molecular flexibility index (Phi) is 6.25. The van der Waals surface area contributed by atoms with Crippen molar-refractivity contribution >= 4 is 17.4 Å². The van der Waals surface area contributed by atoms with Gasteiger partial charge >= 0.3 is 0 Å². The summed E-state index contributed by atoms with van der Waals surface area (Å²) < 4.78 is 13.8. The number of hydrogen-bond acceptors (Lipinski definition) is 4. The first kappa shape index (κ1) is 20.7. The Bertz CT molecular complexity index is 938. The highest BCUT2D eigenvalue weighted by atomic mass is 19.1. The van der Waals surface area contributed by atoms with E-state index in [1.54, 1.807) is 18.2 Å². The van der Waals surface area contributed by atoms with E-state index in [9.17, 15) is 19.1 Å². The number of piperidine rings is 1. The van der Waals surface area contributed by atoms with Crippen molar-refractivity contribution in [3.63, 3.8) is 0 Å². The Balaban J connectivity index is 1.29. The SMILES string of the molecule is O=C1CCc2cc(C(O)CN3CCC(C(=O)Cc4ccccc4F)CC3)ccc2N1. The second-order valence-electron chi connectivity index (χ2n) is 8.29. The van der Waals surface area contributed by atoms with Crippen molar-refractivity contribution < 1.29 is 19.1 Å². The van der Waals surface area contributed by atoms with Gasteiger partial charge < -0.3 is 15.3 Å². The molecule has 0 radical (unpaired) electrons. The summed E-state index contributed by atoms with van der Waals surface area (Å²) in [6.45, 7) is 2.00. The summed E-state index contributed by atoms with van der Waals surface area (Å²) in [7, 11) is 0. The van der Waals surface area contributed by atoms with E-state index >= 15 is 0 Å². The second kappa shape index (κ2) is 9.06. The normalized spacial score (nSPS) is 18.5. The van der Waals surface area contributed by atoms with Crippen LogP contribution in [0.15, 0.2) is 42.5 Å². The predicted molar refractivity (Wildman–Crippen MR) is 113 cm³/mol. The number of hydrogen-bond donors (Lipinski definition) is 2. The molecule has 1 saturated heterocycles. The van der Waals surface area contributed by atoms with Gasteiger partial charge in [-0.1, -0.05) is 30.3 Å². The first-order valence-electron chi connectivity index (χ1n) is 10.6. The van der Waals surface area contributed by atoms with Crippen molar-refractivity contribution in [1.29, 1.82) is 0 Å². The van der Waals surface area contributed by atoms with Gasteiger partial charge in [0.2, 0.25) is 5.91 Å². The molecule has 1 fully saturated rings. The molecular formula is C24H27FN2O3. The van der Waals surface area contributed by atoms with Crippen LogP contribution in [0.2, 0.25) is 0 Å². The number of nitrogens with zero attached hydrogens (tertiary/aromatic N) is 1. The maximum atomic E-state index is 13.8. The van der Waals surface area contributed by atoms with Gasteiger partial charge in [-0.25, -0.2) is 4.39 Å². The molecule has 0 aliphatic carbocycles. The zero-order chi connectivity index (χ0) is 21.1. The number of benzene rings is 2. The topological polar surface area (TPSA) is 69.6 Å². The van der Waals surface area contributed by atoms with E-state index in [1.807, 2.05) is 18.2 Å². The zero-order valence-corrected chi connectivity index (χ0v) is 16.9. The number of halogens is 1. The number of β-amino-alcohol motifs (C(OH)–C–C–N with tert-alkyl or cyclic N) is 1. The van der Waals surface area contributed by atoms with E-state index in [2.05, 4.69) is 10.2 Å². The van der Waals surface area contributed by atoms with Crippen molar-refractivity contribution in [3.05, 3.63) is 65.0 Å². The molecular weight excluding hydrogens is 383 g/mol. The number of nitrogens with one attached hydrogen (secondary N) is 1. The Morgan fingerprint density at radius 3 is 2.70 bits per heavy atom. The smallest absolute Gasteiger partial charge is 0.224 e. The molecule has 0 aromatic heterocycles. The molecule has 2 aromatic carbocycles. The lowest BCUT2D eigenvalue weighted by molar-refractivity contribution is -0.123. The van der Waals surface area contributed by atoms with Crippen LogP contribution in [0.25, 0.3) is 0 Å². The molecule has 0 spiro atoms. The number of rotatable bonds is 6. The van der Waals surface area contributed by atoms with Gasteiger partial charge in [0.15, 0.2) is 0 Å². The average Bonchev–Trinajstić information content (AvgIpc) is 2.75. The third-order valence-electron chi connectivity index (χ3n) is 6.21. The average molecular weight is 410 g/mol. The van der Waals surface area contributed by atoms with Crippen LogP contribution >= 0.6 is 0 Å². The van der Waals surface area contributed by atoms with Crippen LogP contribution in [0, 0.1) is 11.7 Å². The van der Waals surface area contributed by atoms with Crippen LogP contribution in [0.4, 0.5) is 10.1 Å². The summed E-state index contributed by atoms with van der Waals surface area (Å²) in [4.78, 5) is 26.2. The Morgan fingerprint density at radius 1 is 1.17 bits per heavy atom. The van der Waals surface area contributed by atoms with Gasteiger partial charge in [-0.05, 0) is 61.2 Å². The lowest BCUT2D eigenvalue weighted by Gasteiger charge is -2.32. The second-order valence-corrected chi connectivity index (χ2v) is 8.29. The molecule has 2 N–H and O–H groups in total. The highest BCUT2D eigenvalue weighted by molar-refractivity contribution is 5.93. The monoisotopic (exact) mass is 410 g/mol. The zero-order valence-electron chi connectivity index (χ0n) is 16.9. The minimum absolute atomic E-state index is 0.0308. The van der Waals surface area contributed by atoms with Crippen molar-refractivity contribution in [2.75, 3.05) is 25.0 Å². The number of anilines is 1. The fraction of sp³-hybridized carbons (Fsp3) is 0.417. The number of carbonyl (C=O) groups is 2. The lowest BCUT2D eigenvalue weighted by atomic mass is 9.89. The molecule has 2 aromatic rings. The van der Waals surface area contributed by atoms with Gasteiger partial charge in [0.1, 0.15) is 11.6 Å². The van der Waals surface area contributed by atoms with Gasteiger partial charge in [-0.2, -0.15) is 0 Å². The fourth-order valence-corrected chi connectivity index (χ4v) is 4.37. The maximum absolute atomic E-state index is 13.8. The lowest BCUT2D eigenvalue weighted by Crippen LogP contribution is -2.39. The van der Waals surface area contributed by atoms with Crippen molar-refractivity contribution in [2.24, 2.45) is 5.92 Å². The minimum atomic E-state index is -0.612. The van der Waals surface area contributed by atoms with Crippen LogP contribution in [-0.4, -0.2) is 41.3 Å². The molecule has 0 bridgehead atoms. The molecule has 1 unspecified atom stereocenters. The molecule has 6 heteroatoms. The molecule has 158 valence electrons. The highest BCUT2D eigenvalue weighted by Gasteiger charge is 2.27. The van der Waals surface area contributed by atoms with E-state index < -0.39 is 6.10 Å². The van der Waals surface area contributed by atoms with Gasteiger partial charge in [0, 0.05) is 31.0 Å². The van der Waals surface area contributed by atoms with E-state index in [0.717, 1.165) is 42.7 Å².